The molecule has 0 spiro atoms. The number of nitrogens with one attached hydrogen (secondary N) is 1. The second-order valence-electron chi connectivity index (χ2n) is 4.25. The fraction of sp³-hybridized carbons (Fsp3) is 0.462. The van der Waals surface area contributed by atoms with Gasteiger partial charge >= 0.3 is 0 Å². The number of rotatable bonds is 6. The number of benzene rings is 1. The Hall–Kier alpha value is -1.58. The van der Waals surface area contributed by atoms with Crippen LogP contribution < -0.4 is 10.1 Å². The van der Waals surface area contributed by atoms with E-state index in [9.17, 15) is 9.18 Å². The molecule has 1 N–H and O–H groups in total. The largest absolute Gasteiger partial charge is 0.493 e. The van der Waals surface area contributed by atoms with Crippen molar-refractivity contribution in [1.29, 1.82) is 0 Å². The first-order chi connectivity index (χ1) is 8.08. The fourth-order valence-electron chi connectivity index (χ4n) is 1.20. The fourth-order valence-corrected chi connectivity index (χ4v) is 1.20. The van der Waals surface area contributed by atoms with Gasteiger partial charge in [-0.25, -0.2) is 4.39 Å². The maximum atomic E-state index is 12.6. The zero-order chi connectivity index (χ0) is 12.7. The standard InChI is InChI=1S/C13H18FNO2/c1-10(2)9-15-13(16)7-8-17-12-5-3-11(14)4-6-12/h3-6,10H,7-9H2,1-2H3,(H,15,16). The lowest BCUT2D eigenvalue weighted by atomic mass is 10.2. The van der Waals surface area contributed by atoms with Crippen LogP contribution in [0.1, 0.15) is 20.3 Å². The Balaban J connectivity index is 2.19. The van der Waals surface area contributed by atoms with Gasteiger partial charge in [0.05, 0.1) is 13.0 Å². The van der Waals surface area contributed by atoms with Gasteiger partial charge in [-0.3, -0.25) is 4.79 Å². The van der Waals surface area contributed by atoms with Crippen LogP contribution in [0.15, 0.2) is 24.3 Å². The molecule has 0 aliphatic heterocycles. The monoisotopic (exact) mass is 239 g/mol. The Morgan fingerprint density at radius 1 is 1.35 bits per heavy atom. The second kappa shape index (κ2) is 6.89. The summed E-state index contributed by atoms with van der Waals surface area (Å²) in [5, 5.41) is 2.80. The summed E-state index contributed by atoms with van der Waals surface area (Å²) in [6, 6.07) is 5.74. The van der Waals surface area contributed by atoms with E-state index in [0.717, 1.165) is 0 Å². The molecule has 0 aromatic heterocycles. The van der Waals surface area contributed by atoms with Crippen LogP contribution in [0.25, 0.3) is 0 Å². The van der Waals surface area contributed by atoms with E-state index in [0.29, 0.717) is 31.2 Å². The molecule has 0 saturated heterocycles. The van der Waals surface area contributed by atoms with Gasteiger partial charge in [-0.05, 0) is 30.2 Å². The summed E-state index contributed by atoms with van der Waals surface area (Å²) in [4.78, 5) is 11.3. The Labute approximate surface area is 101 Å². The van der Waals surface area contributed by atoms with Crippen LogP contribution in [-0.2, 0) is 4.79 Å². The summed E-state index contributed by atoms with van der Waals surface area (Å²) in [5.41, 5.74) is 0. The molecule has 3 nitrogen and oxygen atoms in total. The molecule has 17 heavy (non-hydrogen) atoms. The summed E-state index contributed by atoms with van der Waals surface area (Å²) in [6.07, 6.45) is 0.310. The molecule has 94 valence electrons. The normalized spacial score (nSPS) is 10.4. The van der Waals surface area contributed by atoms with Gasteiger partial charge in [-0.2, -0.15) is 0 Å². The van der Waals surface area contributed by atoms with E-state index in [2.05, 4.69) is 5.32 Å². The minimum Gasteiger partial charge on any atom is -0.493 e. The molecule has 0 unspecified atom stereocenters. The highest BCUT2D eigenvalue weighted by atomic mass is 19.1. The Morgan fingerprint density at radius 3 is 2.59 bits per heavy atom. The van der Waals surface area contributed by atoms with Crippen molar-refractivity contribution in [3.63, 3.8) is 0 Å². The molecule has 0 aliphatic rings. The molecular weight excluding hydrogens is 221 g/mol. The minimum atomic E-state index is -0.299. The molecule has 0 radical (unpaired) electrons. The maximum Gasteiger partial charge on any atom is 0.223 e. The second-order valence-corrected chi connectivity index (χ2v) is 4.25. The van der Waals surface area contributed by atoms with Gasteiger partial charge in [0.15, 0.2) is 0 Å². The van der Waals surface area contributed by atoms with E-state index in [4.69, 9.17) is 4.74 Å². The smallest absolute Gasteiger partial charge is 0.223 e. The maximum absolute atomic E-state index is 12.6. The van der Waals surface area contributed by atoms with Crippen molar-refractivity contribution in [2.75, 3.05) is 13.2 Å². The van der Waals surface area contributed by atoms with Crippen LogP contribution in [0, 0.1) is 11.7 Å². The van der Waals surface area contributed by atoms with E-state index in [1.54, 1.807) is 12.1 Å². The molecule has 0 atom stereocenters. The zero-order valence-corrected chi connectivity index (χ0v) is 10.2. The van der Waals surface area contributed by atoms with Crippen molar-refractivity contribution in [2.24, 2.45) is 5.92 Å². The van der Waals surface area contributed by atoms with E-state index >= 15 is 0 Å². The highest BCUT2D eigenvalue weighted by Crippen LogP contribution is 2.10. The van der Waals surface area contributed by atoms with Crippen molar-refractivity contribution in [3.05, 3.63) is 30.1 Å². The molecule has 1 rings (SSSR count). The van der Waals surface area contributed by atoms with Gasteiger partial charge in [0, 0.05) is 6.54 Å². The SMILES string of the molecule is CC(C)CNC(=O)CCOc1ccc(F)cc1. The van der Waals surface area contributed by atoms with E-state index in [1.807, 2.05) is 13.8 Å². The number of carbonyl (C=O) groups is 1. The summed E-state index contributed by atoms with van der Waals surface area (Å²) < 4.78 is 17.9. The topological polar surface area (TPSA) is 38.3 Å². The third-order valence-corrected chi connectivity index (χ3v) is 2.12. The first-order valence-electron chi connectivity index (χ1n) is 5.73. The lowest BCUT2D eigenvalue weighted by Crippen LogP contribution is -2.28. The number of amides is 1. The van der Waals surface area contributed by atoms with Crippen LogP contribution in [0.2, 0.25) is 0 Å². The summed E-state index contributed by atoms with van der Waals surface area (Å²) in [7, 11) is 0. The minimum absolute atomic E-state index is 0.0270. The number of halogens is 1. The molecule has 0 heterocycles. The highest BCUT2D eigenvalue weighted by molar-refractivity contribution is 5.75. The predicted molar refractivity (Wildman–Crippen MR) is 64.4 cm³/mol. The molecule has 0 fully saturated rings. The van der Waals surface area contributed by atoms with Gasteiger partial charge in [0.2, 0.25) is 5.91 Å². The van der Waals surface area contributed by atoms with Crippen LogP contribution >= 0.6 is 0 Å². The number of ether oxygens (including phenoxy) is 1. The Morgan fingerprint density at radius 2 is 2.00 bits per heavy atom. The van der Waals surface area contributed by atoms with Crippen LogP contribution in [0.4, 0.5) is 4.39 Å². The van der Waals surface area contributed by atoms with E-state index in [1.165, 1.54) is 12.1 Å². The molecule has 0 saturated carbocycles. The molecule has 4 heteroatoms. The Bertz CT molecular complexity index is 349. The first-order valence-corrected chi connectivity index (χ1v) is 5.73. The van der Waals surface area contributed by atoms with Gasteiger partial charge < -0.3 is 10.1 Å². The average molecular weight is 239 g/mol. The first kappa shape index (κ1) is 13.5. The third-order valence-electron chi connectivity index (χ3n) is 2.12. The summed E-state index contributed by atoms with van der Waals surface area (Å²) >= 11 is 0. The highest BCUT2D eigenvalue weighted by Gasteiger charge is 2.02. The van der Waals surface area contributed by atoms with Crippen molar-refractivity contribution >= 4 is 5.91 Å². The number of carbonyl (C=O) groups excluding carboxylic acids is 1. The summed E-state index contributed by atoms with van der Waals surface area (Å²) in [5.74, 6) is 0.688. The van der Waals surface area contributed by atoms with Gasteiger partial charge in [0.25, 0.3) is 0 Å². The molecule has 1 aromatic rings. The van der Waals surface area contributed by atoms with Crippen molar-refractivity contribution in [2.45, 2.75) is 20.3 Å². The summed E-state index contributed by atoms with van der Waals surface area (Å²) in [6.45, 7) is 5.05. The van der Waals surface area contributed by atoms with Crippen LogP contribution in [-0.4, -0.2) is 19.1 Å². The van der Waals surface area contributed by atoms with Crippen molar-refractivity contribution in [3.8, 4) is 5.75 Å². The molecular formula is C13H18FNO2. The lowest BCUT2D eigenvalue weighted by Gasteiger charge is -2.08. The van der Waals surface area contributed by atoms with Crippen molar-refractivity contribution < 1.29 is 13.9 Å². The molecule has 1 aromatic carbocycles. The van der Waals surface area contributed by atoms with Crippen LogP contribution in [0.3, 0.4) is 0 Å². The van der Waals surface area contributed by atoms with Crippen LogP contribution in [0.5, 0.6) is 5.75 Å². The number of hydrogen-bond donors (Lipinski definition) is 1. The lowest BCUT2D eigenvalue weighted by molar-refractivity contribution is -0.121. The van der Waals surface area contributed by atoms with Gasteiger partial charge in [-0.1, -0.05) is 13.8 Å². The molecule has 0 aliphatic carbocycles. The van der Waals surface area contributed by atoms with E-state index < -0.39 is 0 Å². The quantitative estimate of drug-likeness (QED) is 0.827. The Kier molecular flexibility index (Phi) is 5.46. The van der Waals surface area contributed by atoms with Crippen molar-refractivity contribution in [1.82, 2.24) is 5.32 Å². The molecule has 1 amide bonds. The average Bonchev–Trinajstić information content (AvgIpc) is 2.29. The van der Waals surface area contributed by atoms with Gasteiger partial charge in [-0.15, -0.1) is 0 Å². The van der Waals surface area contributed by atoms with E-state index in [-0.39, 0.29) is 11.7 Å². The molecule has 0 bridgehead atoms. The van der Waals surface area contributed by atoms with Gasteiger partial charge in [0.1, 0.15) is 11.6 Å². The third kappa shape index (κ3) is 5.90. The number of hydrogen-bond acceptors (Lipinski definition) is 2. The zero-order valence-electron chi connectivity index (χ0n) is 10.2. The predicted octanol–water partition coefficient (Wildman–Crippen LogP) is 2.37.